The van der Waals surface area contributed by atoms with Gasteiger partial charge < -0.3 is 14.6 Å². The molecule has 1 aromatic carbocycles. The van der Waals surface area contributed by atoms with Gasteiger partial charge >= 0.3 is 5.76 Å². The number of benzene rings is 1. The van der Waals surface area contributed by atoms with Gasteiger partial charge in [-0.3, -0.25) is 4.57 Å². The highest BCUT2D eigenvalue weighted by Gasteiger charge is 2.19. The van der Waals surface area contributed by atoms with Crippen molar-refractivity contribution >= 4 is 16.8 Å². The van der Waals surface area contributed by atoms with E-state index in [0.29, 0.717) is 11.5 Å². The molecule has 0 aliphatic carbocycles. The van der Waals surface area contributed by atoms with E-state index < -0.39 is 0 Å². The van der Waals surface area contributed by atoms with Crippen LogP contribution in [-0.2, 0) is 7.05 Å². The number of fused-ring (bicyclic) bond motifs is 1. The van der Waals surface area contributed by atoms with Gasteiger partial charge in [-0.1, -0.05) is 0 Å². The standard InChI is InChI=1S/C13H17N3O2/c1-15(8-9-6-14-7-9)10-3-4-11-12(5-10)18-13(17)16(11)2/h3-5,9,14H,6-8H2,1-2H3. The van der Waals surface area contributed by atoms with Gasteiger partial charge in [0.2, 0.25) is 0 Å². The predicted molar refractivity (Wildman–Crippen MR) is 71.1 cm³/mol. The average Bonchev–Trinajstić information content (AvgIpc) is 2.59. The Kier molecular flexibility index (Phi) is 2.63. The molecule has 2 aromatic rings. The van der Waals surface area contributed by atoms with Gasteiger partial charge in [-0.2, -0.15) is 0 Å². The summed E-state index contributed by atoms with van der Waals surface area (Å²) in [5.41, 5.74) is 2.57. The van der Waals surface area contributed by atoms with Gasteiger partial charge in [0, 0.05) is 51.4 Å². The number of hydrogen-bond donors (Lipinski definition) is 1. The molecule has 5 nitrogen and oxygen atoms in total. The number of nitrogens with zero attached hydrogens (tertiary/aromatic N) is 2. The Balaban J connectivity index is 1.90. The van der Waals surface area contributed by atoms with E-state index in [1.54, 1.807) is 7.05 Å². The molecule has 1 aromatic heterocycles. The topological polar surface area (TPSA) is 50.4 Å². The minimum Gasteiger partial charge on any atom is -0.408 e. The lowest BCUT2D eigenvalue weighted by atomic mass is 10.0. The minimum absolute atomic E-state index is 0.312. The maximum Gasteiger partial charge on any atom is 0.419 e. The fraction of sp³-hybridized carbons (Fsp3) is 0.462. The number of oxazole rings is 1. The van der Waals surface area contributed by atoms with E-state index in [1.807, 2.05) is 18.2 Å². The van der Waals surface area contributed by atoms with Gasteiger partial charge in [-0.25, -0.2) is 4.79 Å². The lowest BCUT2D eigenvalue weighted by molar-refractivity contribution is 0.353. The van der Waals surface area contributed by atoms with Crippen LogP contribution in [0.2, 0.25) is 0 Å². The molecule has 0 saturated carbocycles. The second-order valence-electron chi connectivity index (χ2n) is 4.98. The molecule has 1 N–H and O–H groups in total. The first-order valence-corrected chi connectivity index (χ1v) is 6.16. The lowest BCUT2D eigenvalue weighted by Gasteiger charge is -2.32. The quantitative estimate of drug-likeness (QED) is 0.871. The van der Waals surface area contributed by atoms with Crippen molar-refractivity contribution < 1.29 is 4.42 Å². The van der Waals surface area contributed by atoms with Crippen molar-refractivity contribution in [2.24, 2.45) is 13.0 Å². The van der Waals surface area contributed by atoms with Crippen molar-refractivity contribution in [3.05, 3.63) is 28.7 Å². The van der Waals surface area contributed by atoms with E-state index in [1.165, 1.54) is 4.57 Å². The third kappa shape index (κ3) is 1.80. The van der Waals surface area contributed by atoms with E-state index in [9.17, 15) is 4.79 Å². The van der Waals surface area contributed by atoms with Crippen molar-refractivity contribution in [3.63, 3.8) is 0 Å². The average molecular weight is 247 g/mol. The Morgan fingerprint density at radius 1 is 1.50 bits per heavy atom. The fourth-order valence-electron chi connectivity index (χ4n) is 2.33. The monoisotopic (exact) mass is 247 g/mol. The van der Waals surface area contributed by atoms with Crippen LogP contribution in [0.1, 0.15) is 0 Å². The summed E-state index contributed by atoms with van der Waals surface area (Å²) >= 11 is 0. The zero-order valence-electron chi connectivity index (χ0n) is 10.6. The number of nitrogens with one attached hydrogen (secondary N) is 1. The molecule has 5 heteroatoms. The van der Waals surface area contributed by atoms with Gasteiger partial charge in [0.25, 0.3) is 0 Å². The van der Waals surface area contributed by atoms with E-state index in [2.05, 4.69) is 17.3 Å². The largest absolute Gasteiger partial charge is 0.419 e. The van der Waals surface area contributed by atoms with Crippen LogP contribution in [0.5, 0.6) is 0 Å². The molecular weight excluding hydrogens is 230 g/mol. The summed E-state index contributed by atoms with van der Waals surface area (Å²) in [5, 5.41) is 3.27. The summed E-state index contributed by atoms with van der Waals surface area (Å²) in [5.74, 6) is 0.404. The Morgan fingerprint density at radius 2 is 2.28 bits per heavy atom. The second kappa shape index (κ2) is 4.17. The van der Waals surface area contributed by atoms with Gasteiger partial charge in [-0.05, 0) is 12.1 Å². The van der Waals surface area contributed by atoms with Gasteiger partial charge in [-0.15, -0.1) is 0 Å². The summed E-state index contributed by atoms with van der Waals surface area (Å²) in [7, 11) is 3.79. The minimum atomic E-state index is -0.312. The van der Waals surface area contributed by atoms with Crippen molar-refractivity contribution in [2.45, 2.75) is 0 Å². The van der Waals surface area contributed by atoms with Crippen LogP contribution in [0.25, 0.3) is 11.1 Å². The molecule has 18 heavy (non-hydrogen) atoms. The molecule has 2 heterocycles. The van der Waals surface area contributed by atoms with Gasteiger partial charge in [0.05, 0.1) is 5.52 Å². The van der Waals surface area contributed by atoms with Crippen LogP contribution in [0, 0.1) is 5.92 Å². The molecule has 0 unspecified atom stereocenters. The summed E-state index contributed by atoms with van der Waals surface area (Å²) < 4.78 is 6.73. The first-order valence-electron chi connectivity index (χ1n) is 6.16. The van der Waals surface area contributed by atoms with Crippen LogP contribution in [0.15, 0.2) is 27.4 Å². The van der Waals surface area contributed by atoms with Crippen LogP contribution >= 0.6 is 0 Å². The summed E-state index contributed by atoms with van der Waals surface area (Å²) in [6.07, 6.45) is 0. The lowest BCUT2D eigenvalue weighted by Crippen LogP contribution is -2.47. The normalized spacial score (nSPS) is 15.9. The van der Waals surface area contributed by atoms with E-state index in [-0.39, 0.29) is 5.76 Å². The van der Waals surface area contributed by atoms with Crippen LogP contribution in [-0.4, -0.2) is 31.2 Å². The van der Waals surface area contributed by atoms with Crippen molar-refractivity contribution in [2.75, 3.05) is 31.6 Å². The molecule has 1 fully saturated rings. The molecule has 1 aliphatic rings. The number of aryl methyl sites for hydroxylation is 1. The Morgan fingerprint density at radius 3 is 2.94 bits per heavy atom. The Hall–Kier alpha value is -1.75. The highest BCUT2D eigenvalue weighted by Crippen LogP contribution is 2.21. The smallest absolute Gasteiger partial charge is 0.408 e. The number of anilines is 1. The highest BCUT2D eigenvalue weighted by molar-refractivity contribution is 5.77. The number of hydrogen-bond acceptors (Lipinski definition) is 4. The van der Waals surface area contributed by atoms with Crippen molar-refractivity contribution in [3.8, 4) is 0 Å². The Bertz CT molecular complexity index is 625. The molecule has 3 rings (SSSR count). The predicted octanol–water partition coefficient (Wildman–Crippen LogP) is 0.787. The molecule has 0 radical (unpaired) electrons. The third-order valence-corrected chi connectivity index (χ3v) is 3.61. The highest BCUT2D eigenvalue weighted by atomic mass is 16.4. The molecule has 96 valence electrons. The molecule has 1 aliphatic heterocycles. The van der Waals surface area contributed by atoms with E-state index in [0.717, 1.165) is 30.8 Å². The Labute approximate surface area is 105 Å². The van der Waals surface area contributed by atoms with E-state index in [4.69, 9.17) is 4.42 Å². The molecule has 0 spiro atoms. The van der Waals surface area contributed by atoms with E-state index >= 15 is 0 Å². The second-order valence-corrected chi connectivity index (χ2v) is 4.98. The maximum absolute atomic E-state index is 11.4. The first kappa shape index (κ1) is 11.3. The van der Waals surface area contributed by atoms with Crippen molar-refractivity contribution in [1.82, 2.24) is 9.88 Å². The molecule has 0 atom stereocenters. The fourth-order valence-corrected chi connectivity index (χ4v) is 2.33. The molecule has 1 saturated heterocycles. The zero-order valence-corrected chi connectivity index (χ0v) is 10.6. The van der Waals surface area contributed by atoms with Crippen LogP contribution < -0.4 is 16.0 Å². The van der Waals surface area contributed by atoms with Gasteiger partial charge in [0.15, 0.2) is 5.58 Å². The van der Waals surface area contributed by atoms with Crippen LogP contribution in [0.4, 0.5) is 5.69 Å². The zero-order chi connectivity index (χ0) is 12.7. The molecular formula is C13H17N3O2. The third-order valence-electron chi connectivity index (χ3n) is 3.61. The summed E-state index contributed by atoms with van der Waals surface area (Å²) in [6, 6.07) is 5.90. The van der Waals surface area contributed by atoms with Crippen molar-refractivity contribution in [1.29, 1.82) is 0 Å². The molecule has 0 amide bonds. The molecule has 0 bridgehead atoms. The first-order chi connectivity index (χ1) is 8.65. The number of rotatable bonds is 3. The SMILES string of the molecule is CN(CC1CNC1)c1ccc2c(c1)oc(=O)n2C. The van der Waals surface area contributed by atoms with Gasteiger partial charge in [0.1, 0.15) is 0 Å². The summed E-state index contributed by atoms with van der Waals surface area (Å²) in [4.78, 5) is 13.6. The summed E-state index contributed by atoms with van der Waals surface area (Å²) in [6.45, 7) is 3.20. The maximum atomic E-state index is 11.4. The van der Waals surface area contributed by atoms with Crippen LogP contribution in [0.3, 0.4) is 0 Å². The number of aromatic nitrogens is 1.